The summed E-state index contributed by atoms with van der Waals surface area (Å²) in [6, 6.07) is 9.63. The van der Waals surface area contributed by atoms with Crippen LogP contribution < -0.4 is 5.73 Å². The highest BCUT2D eigenvalue weighted by Gasteiger charge is 2.07. The number of pyridine rings is 1. The Hall–Kier alpha value is -2.14. The van der Waals surface area contributed by atoms with E-state index in [-0.39, 0.29) is 23.0 Å². The first-order chi connectivity index (χ1) is 9.18. The minimum absolute atomic E-state index is 0.0982. The Kier molecular flexibility index (Phi) is 4.30. The lowest BCUT2D eigenvalue weighted by Gasteiger charge is -2.05. The number of amidine groups is 1. The number of halogens is 2. The number of rotatable bonds is 4. The van der Waals surface area contributed by atoms with E-state index >= 15 is 0 Å². The zero-order chi connectivity index (χ0) is 13.7. The van der Waals surface area contributed by atoms with Gasteiger partial charge in [-0.25, -0.2) is 4.39 Å². The summed E-state index contributed by atoms with van der Waals surface area (Å²) in [6.07, 6.45) is 1.59. The second kappa shape index (κ2) is 6.15. The highest BCUT2D eigenvalue weighted by molar-refractivity contribution is 6.31. The van der Waals surface area contributed by atoms with Crippen molar-refractivity contribution in [1.82, 2.24) is 4.98 Å². The maximum absolute atomic E-state index is 13.4. The summed E-state index contributed by atoms with van der Waals surface area (Å²) in [5, 5.41) is 3.96. The average molecular weight is 280 g/mol. The fourth-order valence-corrected chi connectivity index (χ4v) is 1.62. The summed E-state index contributed by atoms with van der Waals surface area (Å²) in [5.74, 6) is -0.327. The maximum Gasteiger partial charge on any atom is 0.188 e. The van der Waals surface area contributed by atoms with Crippen LogP contribution in [0.3, 0.4) is 0 Å². The van der Waals surface area contributed by atoms with Crippen molar-refractivity contribution in [2.45, 2.75) is 6.61 Å². The number of nitrogens with zero attached hydrogens (tertiary/aromatic N) is 2. The molecule has 0 aliphatic carbocycles. The molecule has 0 aliphatic rings. The van der Waals surface area contributed by atoms with Gasteiger partial charge in [0.1, 0.15) is 18.1 Å². The van der Waals surface area contributed by atoms with E-state index in [0.29, 0.717) is 5.69 Å². The van der Waals surface area contributed by atoms with Crippen LogP contribution in [-0.2, 0) is 11.4 Å². The molecule has 1 heterocycles. The van der Waals surface area contributed by atoms with Gasteiger partial charge in [-0.3, -0.25) is 4.98 Å². The highest BCUT2D eigenvalue weighted by Crippen LogP contribution is 2.19. The molecule has 0 radical (unpaired) electrons. The average Bonchev–Trinajstić information content (AvgIpc) is 2.43. The molecular weight excluding hydrogens is 269 g/mol. The summed E-state index contributed by atoms with van der Waals surface area (Å²) < 4.78 is 13.4. The normalized spacial score (nSPS) is 11.4. The molecule has 0 amide bonds. The quantitative estimate of drug-likeness (QED) is 0.532. The van der Waals surface area contributed by atoms with Gasteiger partial charge in [0.25, 0.3) is 0 Å². The van der Waals surface area contributed by atoms with Crippen LogP contribution in [0.25, 0.3) is 0 Å². The van der Waals surface area contributed by atoms with Crippen molar-refractivity contribution >= 4 is 17.4 Å². The second-order valence-corrected chi connectivity index (χ2v) is 4.07. The maximum atomic E-state index is 13.4. The van der Waals surface area contributed by atoms with Gasteiger partial charge in [0.05, 0.1) is 5.02 Å². The molecule has 0 aliphatic heterocycles. The van der Waals surface area contributed by atoms with Crippen molar-refractivity contribution in [3.63, 3.8) is 0 Å². The van der Waals surface area contributed by atoms with Crippen LogP contribution >= 0.6 is 11.6 Å². The standard InChI is InChI=1S/C13H11ClFN3O/c14-10-4-3-5-11(15)9(10)8-19-18-13(16)12-6-1-2-7-17-12/h1-7H,8H2,(H2,16,18). The van der Waals surface area contributed by atoms with Crippen molar-refractivity contribution in [3.8, 4) is 0 Å². The molecule has 4 nitrogen and oxygen atoms in total. The zero-order valence-corrected chi connectivity index (χ0v) is 10.6. The lowest BCUT2D eigenvalue weighted by molar-refractivity contribution is 0.127. The lowest BCUT2D eigenvalue weighted by Crippen LogP contribution is -2.15. The summed E-state index contributed by atoms with van der Waals surface area (Å²) in [5.41, 5.74) is 6.40. The first-order valence-electron chi connectivity index (χ1n) is 5.48. The third kappa shape index (κ3) is 3.42. The molecule has 0 spiro atoms. The van der Waals surface area contributed by atoms with E-state index in [4.69, 9.17) is 22.2 Å². The van der Waals surface area contributed by atoms with Crippen molar-refractivity contribution in [2.24, 2.45) is 10.9 Å². The van der Waals surface area contributed by atoms with Crippen LogP contribution in [-0.4, -0.2) is 10.8 Å². The van der Waals surface area contributed by atoms with Gasteiger partial charge in [-0.05, 0) is 24.3 Å². The molecule has 1 aromatic carbocycles. The van der Waals surface area contributed by atoms with Crippen LogP contribution in [0.1, 0.15) is 11.3 Å². The molecule has 1 aromatic heterocycles. The fourth-order valence-electron chi connectivity index (χ4n) is 1.40. The Balaban J connectivity index is 2.04. The van der Waals surface area contributed by atoms with Crippen LogP contribution in [0.15, 0.2) is 47.8 Å². The Morgan fingerprint density at radius 3 is 2.84 bits per heavy atom. The number of nitrogens with two attached hydrogens (primary N) is 1. The van der Waals surface area contributed by atoms with Gasteiger partial charge in [0, 0.05) is 11.8 Å². The molecule has 0 saturated carbocycles. The Bertz CT molecular complexity index is 569. The summed E-state index contributed by atoms with van der Waals surface area (Å²) >= 11 is 5.85. The minimum Gasteiger partial charge on any atom is -0.389 e. The van der Waals surface area contributed by atoms with E-state index in [0.717, 1.165) is 0 Å². The zero-order valence-electron chi connectivity index (χ0n) is 9.88. The van der Waals surface area contributed by atoms with Crippen molar-refractivity contribution in [1.29, 1.82) is 0 Å². The van der Waals surface area contributed by atoms with Crippen LogP contribution in [0, 0.1) is 5.82 Å². The summed E-state index contributed by atoms with van der Waals surface area (Å²) in [7, 11) is 0. The van der Waals surface area contributed by atoms with Gasteiger partial charge in [-0.15, -0.1) is 0 Å². The molecule has 2 aromatic rings. The predicted molar refractivity (Wildman–Crippen MR) is 71.2 cm³/mol. The molecule has 2 rings (SSSR count). The third-order valence-electron chi connectivity index (χ3n) is 2.36. The summed E-state index contributed by atoms with van der Waals surface area (Å²) in [6.45, 7) is -0.0982. The molecule has 0 atom stereocenters. The molecule has 0 saturated heterocycles. The molecule has 0 unspecified atom stereocenters. The minimum atomic E-state index is -0.445. The van der Waals surface area contributed by atoms with E-state index in [1.165, 1.54) is 12.1 Å². The van der Waals surface area contributed by atoms with Gasteiger partial charge in [0.15, 0.2) is 5.84 Å². The van der Waals surface area contributed by atoms with Gasteiger partial charge in [-0.2, -0.15) is 0 Å². The number of oxime groups is 1. The lowest BCUT2D eigenvalue weighted by atomic mass is 10.2. The van der Waals surface area contributed by atoms with E-state index < -0.39 is 5.82 Å². The molecule has 0 fully saturated rings. The van der Waals surface area contributed by atoms with E-state index in [1.807, 2.05) is 0 Å². The van der Waals surface area contributed by atoms with Crippen LogP contribution in [0.4, 0.5) is 4.39 Å². The SMILES string of the molecule is N/C(=N\OCc1c(F)cccc1Cl)c1ccccn1. The van der Waals surface area contributed by atoms with Gasteiger partial charge >= 0.3 is 0 Å². The first-order valence-corrected chi connectivity index (χ1v) is 5.86. The highest BCUT2D eigenvalue weighted by atomic mass is 35.5. The third-order valence-corrected chi connectivity index (χ3v) is 2.71. The number of hydrogen-bond acceptors (Lipinski definition) is 3. The predicted octanol–water partition coefficient (Wildman–Crippen LogP) is 2.71. The van der Waals surface area contributed by atoms with Crippen molar-refractivity contribution in [3.05, 3.63) is 64.7 Å². The molecule has 6 heteroatoms. The van der Waals surface area contributed by atoms with E-state index in [1.54, 1.807) is 30.5 Å². The fraction of sp³-hybridized carbons (Fsp3) is 0.0769. The topological polar surface area (TPSA) is 60.5 Å². The smallest absolute Gasteiger partial charge is 0.188 e. The number of benzene rings is 1. The van der Waals surface area contributed by atoms with E-state index in [2.05, 4.69) is 10.1 Å². The second-order valence-electron chi connectivity index (χ2n) is 3.67. The molecule has 0 bridgehead atoms. The monoisotopic (exact) mass is 279 g/mol. The molecule has 19 heavy (non-hydrogen) atoms. The molecule has 98 valence electrons. The van der Waals surface area contributed by atoms with Crippen LogP contribution in [0.5, 0.6) is 0 Å². The Labute approximate surface area is 114 Å². The van der Waals surface area contributed by atoms with Gasteiger partial charge in [0.2, 0.25) is 0 Å². The number of hydrogen-bond donors (Lipinski definition) is 1. The van der Waals surface area contributed by atoms with Crippen LogP contribution in [0.2, 0.25) is 5.02 Å². The molecule has 2 N–H and O–H groups in total. The van der Waals surface area contributed by atoms with Gasteiger partial charge < -0.3 is 10.6 Å². The molecular formula is C13H11ClFN3O. The Morgan fingerprint density at radius 1 is 1.32 bits per heavy atom. The largest absolute Gasteiger partial charge is 0.389 e. The first kappa shape index (κ1) is 13.3. The van der Waals surface area contributed by atoms with Crippen molar-refractivity contribution in [2.75, 3.05) is 0 Å². The van der Waals surface area contributed by atoms with E-state index in [9.17, 15) is 4.39 Å². The van der Waals surface area contributed by atoms with Crippen molar-refractivity contribution < 1.29 is 9.23 Å². The Morgan fingerprint density at radius 2 is 2.16 bits per heavy atom. The summed E-state index contributed by atoms with van der Waals surface area (Å²) in [4.78, 5) is 9.00. The number of aromatic nitrogens is 1. The van der Waals surface area contributed by atoms with Gasteiger partial charge in [-0.1, -0.05) is 28.9 Å².